The lowest BCUT2D eigenvalue weighted by Crippen LogP contribution is -2.35. The molecule has 1 amide bonds. The Morgan fingerprint density at radius 2 is 2.19 bits per heavy atom. The van der Waals surface area contributed by atoms with Crippen molar-refractivity contribution >= 4 is 16.9 Å². The predicted molar refractivity (Wildman–Crippen MR) is 93.6 cm³/mol. The molecule has 0 radical (unpaired) electrons. The molecule has 1 aliphatic rings. The molecule has 0 saturated carbocycles. The molecule has 3 aromatic rings. The zero-order valence-corrected chi connectivity index (χ0v) is 14.5. The third-order valence-electron chi connectivity index (χ3n) is 4.63. The Kier molecular flexibility index (Phi) is 4.29. The largest absolute Gasteiger partial charge is 0.459 e. The zero-order chi connectivity index (χ0) is 18.1. The van der Waals surface area contributed by atoms with Crippen LogP contribution in [0.3, 0.4) is 0 Å². The van der Waals surface area contributed by atoms with Gasteiger partial charge in [0.05, 0.1) is 19.0 Å². The first-order valence-electron chi connectivity index (χ1n) is 8.58. The van der Waals surface area contributed by atoms with E-state index in [4.69, 9.17) is 4.42 Å². The van der Waals surface area contributed by atoms with Crippen LogP contribution in [-0.4, -0.2) is 61.6 Å². The van der Waals surface area contributed by atoms with Crippen molar-refractivity contribution in [2.75, 3.05) is 26.2 Å². The van der Waals surface area contributed by atoms with Gasteiger partial charge in [-0.15, -0.1) is 0 Å². The molecule has 3 aromatic heterocycles. The van der Waals surface area contributed by atoms with Gasteiger partial charge in [-0.3, -0.25) is 19.2 Å². The van der Waals surface area contributed by atoms with Crippen molar-refractivity contribution < 1.29 is 9.21 Å². The maximum atomic E-state index is 12.4. The molecule has 0 aromatic carbocycles. The van der Waals surface area contributed by atoms with Crippen LogP contribution in [0.4, 0.5) is 0 Å². The van der Waals surface area contributed by atoms with Gasteiger partial charge in [-0.1, -0.05) is 0 Å². The number of fused-ring (bicyclic) bond motifs is 1. The van der Waals surface area contributed by atoms with Crippen molar-refractivity contribution in [3.63, 3.8) is 0 Å². The highest BCUT2D eigenvalue weighted by Crippen LogP contribution is 2.12. The minimum Gasteiger partial charge on any atom is -0.459 e. The van der Waals surface area contributed by atoms with Gasteiger partial charge in [-0.2, -0.15) is 5.10 Å². The maximum absolute atomic E-state index is 12.4. The van der Waals surface area contributed by atoms with E-state index >= 15 is 0 Å². The van der Waals surface area contributed by atoms with Crippen molar-refractivity contribution in [1.82, 2.24) is 29.5 Å². The summed E-state index contributed by atoms with van der Waals surface area (Å²) in [6, 6.07) is 3.40. The summed E-state index contributed by atoms with van der Waals surface area (Å²) in [4.78, 5) is 35.9. The maximum Gasteiger partial charge on any atom is 0.289 e. The van der Waals surface area contributed by atoms with E-state index in [9.17, 15) is 9.59 Å². The van der Waals surface area contributed by atoms with Crippen LogP contribution in [0.2, 0.25) is 0 Å². The Labute approximate surface area is 149 Å². The molecule has 4 heterocycles. The van der Waals surface area contributed by atoms with Gasteiger partial charge in [0, 0.05) is 33.2 Å². The Balaban J connectivity index is 1.46. The molecule has 26 heavy (non-hydrogen) atoms. The minimum atomic E-state index is -0.178. The van der Waals surface area contributed by atoms with Gasteiger partial charge in [0.25, 0.3) is 11.5 Å². The number of nitrogens with zero attached hydrogens (tertiary/aromatic N) is 5. The van der Waals surface area contributed by atoms with E-state index in [1.807, 2.05) is 0 Å². The van der Waals surface area contributed by atoms with Gasteiger partial charge in [0.1, 0.15) is 11.2 Å². The quantitative estimate of drug-likeness (QED) is 0.737. The van der Waals surface area contributed by atoms with E-state index in [1.165, 1.54) is 12.5 Å². The fourth-order valence-electron chi connectivity index (χ4n) is 3.25. The highest BCUT2D eigenvalue weighted by atomic mass is 16.3. The molecule has 0 spiro atoms. The number of aryl methyl sites for hydroxylation is 1. The number of H-pyrrole nitrogens is 1. The first-order chi connectivity index (χ1) is 12.6. The molecule has 0 unspecified atom stereocenters. The van der Waals surface area contributed by atoms with Crippen LogP contribution in [-0.2, 0) is 13.6 Å². The number of nitrogens with one attached hydrogen (secondary N) is 1. The van der Waals surface area contributed by atoms with Crippen LogP contribution >= 0.6 is 0 Å². The Hall–Kier alpha value is -2.94. The fraction of sp³-hybridized carbons (Fsp3) is 0.412. The van der Waals surface area contributed by atoms with Crippen LogP contribution in [0, 0.1) is 0 Å². The number of hydrogen-bond acceptors (Lipinski definition) is 6. The van der Waals surface area contributed by atoms with Crippen LogP contribution < -0.4 is 5.56 Å². The smallest absolute Gasteiger partial charge is 0.289 e. The van der Waals surface area contributed by atoms with E-state index in [-0.39, 0.29) is 11.5 Å². The van der Waals surface area contributed by atoms with Gasteiger partial charge in [0.15, 0.2) is 11.4 Å². The average molecular weight is 356 g/mol. The molecule has 9 nitrogen and oxygen atoms in total. The van der Waals surface area contributed by atoms with E-state index < -0.39 is 0 Å². The molecule has 1 aliphatic heterocycles. The molecule has 1 N–H and O–H groups in total. The van der Waals surface area contributed by atoms with Gasteiger partial charge >= 0.3 is 0 Å². The van der Waals surface area contributed by atoms with Gasteiger partial charge in [-0.25, -0.2) is 4.98 Å². The van der Waals surface area contributed by atoms with Gasteiger partial charge in [0.2, 0.25) is 0 Å². The molecule has 4 rings (SSSR count). The second-order valence-electron chi connectivity index (χ2n) is 6.42. The fourth-order valence-corrected chi connectivity index (χ4v) is 3.25. The summed E-state index contributed by atoms with van der Waals surface area (Å²) in [6.07, 6.45) is 3.88. The summed E-state index contributed by atoms with van der Waals surface area (Å²) in [5, 5.41) is 4.57. The lowest BCUT2D eigenvalue weighted by atomic mass is 10.3. The Morgan fingerprint density at radius 3 is 3.00 bits per heavy atom. The summed E-state index contributed by atoms with van der Waals surface area (Å²) >= 11 is 0. The minimum absolute atomic E-state index is 0.0836. The van der Waals surface area contributed by atoms with E-state index in [2.05, 4.69) is 20.0 Å². The zero-order valence-electron chi connectivity index (χ0n) is 14.5. The van der Waals surface area contributed by atoms with Crippen LogP contribution in [0.5, 0.6) is 0 Å². The Bertz CT molecular complexity index is 974. The summed E-state index contributed by atoms with van der Waals surface area (Å²) < 4.78 is 6.80. The normalized spacial score (nSPS) is 16.1. The average Bonchev–Trinajstić information content (AvgIpc) is 3.22. The standard InChI is InChI=1S/C17H20N6O3/c1-21-15-12(10-18-21)16(24)20-14(19-15)11-22-5-3-6-23(8-7-22)17(25)13-4-2-9-26-13/h2,4,9-10H,3,5-8,11H2,1H3,(H,19,20,24). The predicted octanol–water partition coefficient (Wildman–Crippen LogP) is 0.598. The second-order valence-corrected chi connectivity index (χ2v) is 6.42. The first-order valence-corrected chi connectivity index (χ1v) is 8.58. The number of aromatic amines is 1. The van der Waals surface area contributed by atoms with Crippen molar-refractivity contribution in [3.8, 4) is 0 Å². The number of rotatable bonds is 3. The third kappa shape index (κ3) is 3.13. The molecular weight excluding hydrogens is 336 g/mol. The van der Waals surface area contributed by atoms with E-state index in [0.29, 0.717) is 48.8 Å². The number of hydrogen-bond donors (Lipinski definition) is 1. The topological polar surface area (TPSA) is 100 Å². The van der Waals surface area contributed by atoms with Crippen molar-refractivity contribution in [1.29, 1.82) is 0 Å². The van der Waals surface area contributed by atoms with Crippen LogP contribution in [0.25, 0.3) is 11.0 Å². The van der Waals surface area contributed by atoms with Crippen LogP contribution in [0.1, 0.15) is 22.8 Å². The van der Waals surface area contributed by atoms with E-state index in [0.717, 1.165) is 13.0 Å². The molecule has 1 saturated heterocycles. The molecule has 9 heteroatoms. The lowest BCUT2D eigenvalue weighted by Gasteiger charge is -2.21. The molecule has 1 fully saturated rings. The van der Waals surface area contributed by atoms with Crippen molar-refractivity contribution in [3.05, 3.63) is 46.5 Å². The Morgan fingerprint density at radius 1 is 1.31 bits per heavy atom. The number of amides is 1. The molecular formula is C17H20N6O3. The molecule has 0 atom stereocenters. The summed E-state index contributed by atoms with van der Waals surface area (Å²) in [5.74, 6) is 0.891. The van der Waals surface area contributed by atoms with Crippen molar-refractivity contribution in [2.45, 2.75) is 13.0 Å². The van der Waals surface area contributed by atoms with Gasteiger partial charge < -0.3 is 14.3 Å². The highest BCUT2D eigenvalue weighted by Gasteiger charge is 2.22. The molecule has 136 valence electrons. The summed E-state index contributed by atoms with van der Waals surface area (Å²) in [7, 11) is 1.77. The number of aromatic nitrogens is 4. The lowest BCUT2D eigenvalue weighted by molar-refractivity contribution is 0.0729. The molecule has 0 aliphatic carbocycles. The first kappa shape index (κ1) is 16.5. The second kappa shape index (κ2) is 6.75. The van der Waals surface area contributed by atoms with Crippen LogP contribution in [0.15, 0.2) is 33.8 Å². The third-order valence-corrected chi connectivity index (χ3v) is 4.63. The highest BCUT2D eigenvalue weighted by molar-refractivity contribution is 5.91. The molecule has 0 bridgehead atoms. The van der Waals surface area contributed by atoms with E-state index in [1.54, 1.807) is 28.8 Å². The number of carbonyl (C=O) groups is 1. The summed E-state index contributed by atoms with van der Waals surface area (Å²) in [6.45, 7) is 3.35. The van der Waals surface area contributed by atoms with Gasteiger partial charge in [-0.05, 0) is 18.6 Å². The number of carbonyl (C=O) groups excluding carboxylic acids is 1. The monoisotopic (exact) mass is 356 g/mol. The number of furan rings is 1. The SMILES string of the molecule is Cn1ncc2c(=O)[nH]c(CN3CCCN(C(=O)c4ccco4)CC3)nc21. The van der Waals surface area contributed by atoms with Crippen molar-refractivity contribution in [2.24, 2.45) is 7.05 Å². The summed E-state index contributed by atoms with van der Waals surface area (Å²) in [5.41, 5.74) is 0.399.